The van der Waals surface area contributed by atoms with E-state index in [4.69, 9.17) is 5.11 Å². The molecule has 0 saturated carbocycles. The molecule has 96 valence electrons. The number of pyridine rings is 1. The number of rotatable bonds is 4. The first kappa shape index (κ1) is 13.7. The van der Waals surface area contributed by atoms with Crippen LogP contribution in [-0.4, -0.2) is 16.7 Å². The summed E-state index contributed by atoms with van der Waals surface area (Å²) >= 11 is 1.70. The number of aliphatic hydroxyl groups excluding tert-OH is 1. The Labute approximate surface area is 117 Å². The minimum Gasteiger partial charge on any atom is -0.395 e. The molecule has 0 fully saturated rings. The largest absolute Gasteiger partial charge is 0.395 e. The Morgan fingerprint density at radius 3 is 2.74 bits per heavy atom. The minimum absolute atomic E-state index is 0.109. The summed E-state index contributed by atoms with van der Waals surface area (Å²) in [6.07, 6.45) is 2.32. The molecule has 0 aliphatic heterocycles. The van der Waals surface area contributed by atoms with E-state index in [2.05, 4.69) is 22.9 Å². The van der Waals surface area contributed by atoms with Crippen molar-refractivity contribution in [2.75, 3.05) is 6.61 Å². The molecule has 0 amide bonds. The molecule has 1 aromatic heterocycles. The SMILES string of the molecule is OCCC#Cc1ccccc1CSc1ccccn1. The Kier molecular flexibility index (Phi) is 5.49. The zero-order valence-electron chi connectivity index (χ0n) is 10.5. The van der Waals surface area contributed by atoms with Crippen LogP contribution in [0.15, 0.2) is 53.7 Å². The van der Waals surface area contributed by atoms with E-state index in [0.717, 1.165) is 16.3 Å². The van der Waals surface area contributed by atoms with E-state index in [9.17, 15) is 0 Å². The topological polar surface area (TPSA) is 33.1 Å². The smallest absolute Gasteiger partial charge is 0.0963 e. The van der Waals surface area contributed by atoms with E-state index in [1.165, 1.54) is 5.56 Å². The Hall–Kier alpha value is -1.76. The van der Waals surface area contributed by atoms with Crippen molar-refractivity contribution in [2.24, 2.45) is 0 Å². The van der Waals surface area contributed by atoms with Crippen molar-refractivity contribution < 1.29 is 5.11 Å². The van der Waals surface area contributed by atoms with Crippen LogP contribution in [0.25, 0.3) is 0 Å². The zero-order chi connectivity index (χ0) is 13.3. The van der Waals surface area contributed by atoms with Gasteiger partial charge in [0.05, 0.1) is 11.6 Å². The number of nitrogens with zero attached hydrogens (tertiary/aromatic N) is 1. The van der Waals surface area contributed by atoms with Gasteiger partial charge >= 0.3 is 0 Å². The molecule has 2 aromatic rings. The molecule has 0 radical (unpaired) electrons. The van der Waals surface area contributed by atoms with Gasteiger partial charge in [0.25, 0.3) is 0 Å². The van der Waals surface area contributed by atoms with Crippen molar-refractivity contribution in [3.05, 3.63) is 59.8 Å². The second-order valence-electron chi connectivity index (χ2n) is 3.89. The number of aromatic nitrogens is 1. The van der Waals surface area contributed by atoms with Crippen molar-refractivity contribution in [3.8, 4) is 11.8 Å². The summed E-state index contributed by atoms with van der Waals surface area (Å²) in [5.74, 6) is 6.92. The average Bonchev–Trinajstić information content (AvgIpc) is 2.48. The van der Waals surface area contributed by atoms with Crippen molar-refractivity contribution in [3.63, 3.8) is 0 Å². The van der Waals surface area contributed by atoms with E-state index in [1.54, 1.807) is 18.0 Å². The fourth-order valence-electron chi connectivity index (χ4n) is 1.57. The summed E-state index contributed by atoms with van der Waals surface area (Å²) in [5.41, 5.74) is 2.22. The molecule has 0 saturated heterocycles. The second kappa shape index (κ2) is 7.63. The molecule has 2 nitrogen and oxygen atoms in total. The molecule has 0 unspecified atom stereocenters. The first-order chi connectivity index (χ1) is 9.40. The van der Waals surface area contributed by atoms with E-state index >= 15 is 0 Å². The van der Waals surface area contributed by atoms with Gasteiger partial charge in [-0.15, -0.1) is 11.8 Å². The fourth-order valence-corrected chi connectivity index (χ4v) is 2.43. The molecule has 0 aliphatic rings. The van der Waals surface area contributed by atoms with E-state index in [-0.39, 0.29) is 6.61 Å². The van der Waals surface area contributed by atoms with Gasteiger partial charge in [0.15, 0.2) is 0 Å². The minimum atomic E-state index is 0.109. The summed E-state index contributed by atoms with van der Waals surface area (Å²) in [6.45, 7) is 0.109. The molecule has 1 N–H and O–H groups in total. The van der Waals surface area contributed by atoms with Gasteiger partial charge in [0.2, 0.25) is 0 Å². The third kappa shape index (κ3) is 4.44. The van der Waals surface area contributed by atoms with Crippen molar-refractivity contribution >= 4 is 11.8 Å². The summed E-state index contributed by atoms with van der Waals surface area (Å²) in [4.78, 5) is 4.29. The number of benzene rings is 1. The third-order valence-electron chi connectivity index (χ3n) is 2.49. The predicted octanol–water partition coefficient (Wildman–Crippen LogP) is 3.11. The van der Waals surface area contributed by atoms with Gasteiger partial charge < -0.3 is 5.11 Å². The molecule has 3 heteroatoms. The second-order valence-corrected chi connectivity index (χ2v) is 4.88. The Bertz CT molecular complexity index is 572. The lowest BCUT2D eigenvalue weighted by Crippen LogP contribution is -1.88. The fraction of sp³-hybridized carbons (Fsp3) is 0.188. The molecular formula is C16H15NOS. The van der Waals surface area contributed by atoms with Crippen LogP contribution in [-0.2, 0) is 5.75 Å². The van der Waals surface area contributed by atoms with Gasteiger partial charge in [-0.1, -0.05) is 36.1 Å². The number of aliphatic hydroxyl groups is 1. The molecule has 0 aliphatic carbocycles. The lowest BCUT2D eigenvalue weighted by atomic mass is 10.1. The number of hydrogen-bond donors (Lipinski definition) is 1. The molecule has 0 bridgehead atoms. The molecule has 19 heavy (non-hydrogen) atoms. The van der Waals surface area contributed by atoms with Crippen LogP contribution < -0.4 is 0 Å². The maximum absolute atomic E-state index is 8.75. The standard InChI is InChI=1S/C16H15NOS/c18-12-6-4-8-14-7-1-2-9-15(14)13-19-16-10-3-5-11-17-16/h1-3,5,7,9-11,18H,6,12-13H2. The summed E-state index contributed by atoms with van der Waals surface area (Å²) in [7, 11) is 0. The van der Waals surface area contributed by atoms with Gasteiger partial charge in [-0.05, 0) is 23.8 Å². The maximum Gasteiger partial charge on any atom is 0.0963 e. The van der Waals surface area contributed by atoms with Crippen LogP contribution >= 0.6 is 11.8 Å². The Morgan fingerprint density at radius 2 is 1.95 bits per heavy atom. The molecule has 2 rings (SSSR count). The maximum atomic E-state index is 8.75. The number of thioether (sulfide) groups is 1. The van der Waals surface area contributed by atoms with Gasteiger partial charge in [-0.2, -0.15) is 0 Å². The Balaban J connectivity index is 2.06. The molecular weight excluding hydrogens is 254 g/mol. The average molecular weight is 269 g/mol. The van der Waals surface area contributed by atoms with Gasteiger partial charge in [0.1, 0.15) is 0 Å². The number of hydrogen-bond acceptors (Lipinski definition) is 3. The van der Waals surface area contributed by atoms with Crippen LogP contribution in [0.4, 0.5) is 0 Å². The zero-order valence-corrected chi connectivity index (χ0v) is 11.4. The van der Waals surface area contributed by atoms with Gasteiger partial charge in [-0.25, -0.2) is 4.98 Å². The molecule has 0 spiro atoms. The quantitative estimate of drug-likeness (QED) is 0.684. The lowest BCUT2D eigenvalue weighted by molar-refractivity contribution is 0.305. The lowest BCUT2D eigenvalue weighted by Gasteiger charge is -2.03. The van der Waals surface area contributed by atoms with E-state index in [1.807, 2.05) is 36.4 Å². The predicted molar refractivity (Wildman–Crippen MR) is 78.8 cm³/mol. The van der Waals surface area contributed by atoms with Crippen LogP contribution in [0.1, 0.15) is 17.5 Å². The van der Waals surface area contributed by atoms with E-state index < -0.39 is 0 Å². The van der Waals surface area contributed by atoms with Crippen molar-refractivity contribution in [1.29, 1.82) is 0 Å². The van der Waals surface area contributed by atoms with Crippen LogP contribution in [0, 0.1) is 11.8 Å². The van der Waals surface area contributed by atoms with Crippen LogP contribution in [0.2, 0.25) is 0 Å². The third-order valence-corrected chi connectivity index (χ3v) is 3.48. The molecule has 0 atom stereocenters. The molecule has 1 heterocycles. The highest BCUT2D eigenvalue weighted by molar-refractivity contribution is 7.98. The highest BCUT2D eigenvalue weighted by Gasteiger charge is 2.01. The van der Waals surface area contributed by atoms with Crippen molar-refractivity contribution in [2.45, 2.75) is 17.2 Å². The first-order valence-electron chi connectivity index (χ1n) is 6.11. The monoisotopic (exact) mass is 269 g/mol. The van der Waals surface area contributed by atoms with Crippen LogP contribution in [0.5, 0.6) is 0 Å². The summed E-state index contributed by atoms with van der Waals surface area (Å²) < 4.78 is 0. The molecule has 1 aromatic carbocycles. The normalized spacial score (nSPS) is 9.74. The van der Waals surface area contributed by atoms with Gasteiger partial charge in [0, 0.05) is 23.9 Å². The Morgan fingerprint density at radius 1 is 1.11 bits per heavy atom. The van der Waals surface area contributed by atoms with Gasteiger partial charge in [-0.3, -0.25) is 0 Å². The summed E-state index contributed by atoms with van der Waals surface area (Å²) in [6, 6.07) is 14.0. The highest BCUT2D eigenvalue weighted by Crippen LogP contribution is 2.22. The van der Waals surface area contributed by atoms with Crippen molar-refractivity contribution in [1.82, 2.24) is 4.98 Å². The highest BCUT2D eigenvalue weighted by atomic mass is 32.2. The summed E-state index contributed by atoms with van der Waals surface area (Å²) in [5, 5.41) is 9.77. The first-order valence-corrected chi connectivity index (χ1v) is 7.10. The van der Waals surface area contributed by atoms with E-state index in [0.29, 0.717) is 6.42 Å². The van der Waals surface area contributed by atoms with Crippen LogP contribution in [0.3, 0.4) is 0 Å².